The second kappa shape index (κ2) is 6.07. The summed E-state index contributed by atoms with van der Waals surface area (Å²) in [7, 11) is 1.45. The van der Waals surface area contributed by atoms with Crippen molar-refractivity contribution in [2.75, 3.05) is 7.11 Å². The molecule has 4 nitrogen and oxygen atoms in total. The summed E-state index contributed by atoms with van der Waals surface area (Å²) in [6, 6.07) is 16.2. The second-order valence-corrected chi connectivity index (χ2v) is 6.94. The van der Waals surface area contributed by atoms with Crippen LogP contribution in [0.15, 0.2) is 53.0 Å². The molecule has 2 atom stereocenters. The van der Waals surface area contributed by atoms with Crippen LogP contribution in [0.4, 0.5) is 0 Å². The number of benzene rings is 2. The van der Waals surface area contributed by atoms with Gasteiger partial charge in [-0.3, -0.25) is 0 Å². The molecule has 4 rings (SSSR count). The van der Waals surface area contributed by atoms with Gasteiger partial charge in [-0.1, -0.05) is 52.3 Å². The van der Waals surface area contributed by atoms with E-state index in [9.17, 15) is 4.79 Å². The van der Waals surface area contributed by atoms with Gasteiger partial charge in [-0.25, -0.2) is 4.79 Å². The minimum absolute atomic E-state index is 0.0285. The Morgan fingerprint density at radius 2 is 1.96 bits per heavy atom. The average Bonchev–Trinajstić information content (AvgIpc) is 2.99. The summed E-state index contributed by atoms with van der Waals surface area (Å²) in [5.41, 5.74) is 4.64. The Kier molecular flexibility index (Phi) is 3.90. The minimum Gasteiger partial charge on any atom is -0.465 e. The van der Waals surface area contributed by atoms with Crippen LogP contribution < -0.4 is 5.32 Å². The van der Waals surface area contributed by atoms with E-state index < -0.39 is 0 Å². The van der Waals surface area contributed by atoms with Crippen molar-refractivity contribution in [2.45, 2.75) is 18.5 Å². The third-order valence-corrected chi connectivity index (χ3v) is 5.47. The number of halogens is 1. The number of rotatable bonds is 2. The number of para-hydroxylation sites is 1. The van der Waals surface area contributed by atoms with Crippen LogP contribution in [0.1, 0.15) is 22.9 Å². The molecule has 0 saturated carbocycles. The summed E-state index contributed by atoms with van der Waals surface area (Å²) in [4.78, 5) is 15.8. The summed E-state index contributed by atoms with van der Waals surface area (Å²) in [5, 5.41) is 3.29. The maximum atomic E-state index is 12.2. The van der Waals surface area contributed by atoms with E-state index >= 15 is 0 Å². The third-order valence-electron chi connectivity index (χ3n) is 4.75. The third kappa shape index (κ3) is 2.44. The Labute approximate surface area is 148 Å². The number of hydrogen-bond donors (Lipinski definition) is 2. The fourth-order valence-corrected chi connectivity index (χ4v) is 4.15. The standard InChI is InChI=1S/C19H17BrN2O2/c1-24-19(23)16-10-13-11-6-3-5-9-15(11)21-18(13)17(22-16)12-7-2-4-8-14(12)20/h2-9,16-17,21-22H,10H2,1H3/p+1/t16-,17-/m0/s1. The van der Waals surface area contributed by atoms with Crippen molar-refractivity contribution >= 4 is 32.8 Å². The van der Waals surface area contributed by atoms with E-state index in [1.807, 2.05) is 30.3 Å². The van der Waals surface area contributed by atoms with Crippen molar-refractivity contribution in [3.05, 3.63) is 69.8 Å². The van der Waals surface area contributed by atoms with Crippen LogP contribution in [0.25, 0.3) is 10.9 Å². The van der Waals surface area contributed by atoms with Gasteiger partial charge in [0.2, 0.25) is 0 Å². The maximum absolute atomic E-state index is 12.2. The molecule has 0 bridgehead atoms. The molecule has 3 N–H and O–H groups in total. The number of H-pyrrole nitrogens is 1. The molecule has 0 fully saturated rings. The topological polar surface area (TPSA) is 58.7 Å². The molecule has 2 heterocycles. The van der Waals surface area contributed by atoms with E-state index in [1.165, 1.54) is 23.8 Å². The number of fused-ring (bicyclic) bond motifs is 3. The van der Waals surface area contributed by atoms with Crippen molar-refractivity contribution < 1.29 is 14.8 Å². The highest BCUT2D eigenvalue weighted by molar-refractivity contribution is 9.10. The molecule has 0 saturated heterocycles. The first kappa shape index (κ1) is 15.4. The van der Waals surface area contributed by atoms with Gasteiger partial charge >= 0.3 is 5.97 Å². The number of ether oxygens (including phenoxy) is 1. The highest BCUT2D eigenvalue weighted by atomic mass is 79.9. The normalized spacial score (nSPS) is 19.9. The van der Waals surface area contributed by atoms with Crippen molar-refractivity contribution in [3.8, 4) is 0 Å². The van der Waals surface area contributed by atoms with Gasteiger partial charge < -0.3 is 15.0 Å². The molecule has 0 unspecified atom stereocenters. The summed E-state index contributed by atoms with van der Waals surface area (Å²) in [5.74, 6) is -0.178. The largest absolute Gasteiger partial charge is 0.465 e. The number of hydrogen-bond acceptors (Lipinski definition) is 2. The molecule has 0 amide bonds. The molecule has 3 aromatic rings. The Bertz CT molecular complexity index is 919. The van der Waals surface area contributed by atoms with Gasteiger partial charge in [0.05, 0.1) is 12.8 Å². The van der Waals surface area contributed by atoms with Gasteiger partial charge in [0.25, 0.3) is 0 Å². The molecule has 1 aliphatic heterocycles. The zero-order valence-electron chi connectivity index (χ0n) is 13.3. The Morgan fingerprint density at radius 3 is 2.75 bits per heavy atom. The lowest BCUT2D eigenvalue weighted by Crippen LogP contribution is -2.94. The Balaban J connectivity index is 1.90. The van der Waals surface area contributed by atoms with E-state index in [0.717, 1.165) is 15.6 Å². The smallest absolute Gasteiger partial charge is 0.364 e. The number of nitrogens with two attached hydrogens (primary N) is 1. The molecule has 5 heteroatoms. The van der Waals surface area contributed by atoms with Gasteiger partial charge in [-0.05, 0) is 17.7 Å². The zero-order chi connectivity index (χ0) is 16.7. The lowest BCUT2D eigenvalue weighted by molar-refractivity contribution is -0.712. The number of esters is 1. The number of aromatic amines is 1. The van der Waals surface area contributed by atoms with Gasteiger partial charge in [0.1, 0.15) is 0 Å². The molecular weight excluding hydrogens is 368 g/mol. The van der Waals surface area contributed by atoms with Crippen LogP contribution in [-0.2, 0) is 16.0 Å². The van der Waals surface area contributed by atoms with Crippen LogP contribution >= 0.6 is 15.9 Å². The summed E-state index contributed by atoms with van der Waals surface area (Å²) < 4.78 is 6.06. The number of carbonyl (C=O) groups is 1. The minimum atomic E-state index is -0.237. The van der Waals surface area contributed by atoms with E-state index in [2.05, 4.69) is 44.4 Å². The fourth-order valence-electron chi connectivity index (χ4n) is 3.62. The van der Waals surface area contributed by atoms with Crippen molar-refractivity contribution in [3.63, 3.8) is 0 Å². The SMILES string of the molecule is COC(=O)[C@@H]1Cc2c([nH]c3ccccc23)[C@H](c2ccccc2Br)[NH2+]1. The first-order valence-electron chi connectivity index (χ1n) is 7.95. The molecule has 2 aromatic carbocycles. The molecule has 0 radical (unpaired) electrons. The van der Waals surface area contributed by atoms with Gasteiger partial charge in [-0.2, -0.15) is 0 Å². The highest BCUT2D eigenvalue weighted by Gasteiger charge is 2.38. The zero-order valence-corrected chi connectivity index (χ0v) is 14.8. The molecule has 24 heavy (non-hydrogen) atoms. The van der Waals surface area contributed by atoms with E-state index in [4.69, 9.17) is 4.74 Å². The van der Waals surface area contributed by atoms with Gasteiger partial charge in [-0.15, -0.1) is 0 Å². The van der Waals surface area contributed by atoms with Gasteiger partial charge in [0.15, 0.2) is 12.1 Å². The first-order chi connectivity index (χ1) is 11.7. The highest BCUT2D eigenvalue weighted by Crippen LogP contribution is 2.34. The molecular formula is C19H18BrN2O2+. The second-order valence-electron chi connectivity index (χ2n) is 6.09. The predicted molar refractivity (Wildman–Crippen MR) is 95.7 cm³/mol. The molecule has 1 aliphatic rings. The average molecular weight is 386 g/mol. The fraction of sp³-hybridized carbons (Fsp3) is 0.211. The summed E-state index contributed by atoms with van der Waals surface area (Å²) in [6.07, 6.45) is 0.674. The van der Waals surface area contributed by atoms with Crippen LogP contribution in [0.2, 0.25) is 0 Å². The van der Waals surface area contributed by atoms with Crippen LogP contribution in [0.3, 0.4) is 0 Å². The van der Waals surface area contributed by atoms with Gasteiger partial charge in [0, 0.05) is 27.4 Å². The molecule has 1 aromatic heterocycles. The quantitative estimate of drug-likeness (QED) is 0.666. The van der Waals surface area contributed by atoms with E-state index in [1.54, 1.807) is 0 Å². The van der Waals surface area contributed by atoms with Crippen molar-refractivity contribution in [2.24, 2.45) is 0 Å². The lowest BCUT2D eigenvalue weighted by Gasteiger charge is -2.27. The Morgan fingerprint density at radius 1 is 1.21 bits per heavy atom. The number of carbonyl (C=O) groups excluding carboxylic acids is 1. The number of aromatic nitrogens is 1. The van der Waals surface area contributed by atoms with Crippen LogP contribution in [0.5, 0.6) is 0 Å². The summed E-state index contributed by atoms with van der Waals surface area (Å²) in [6.45, 7) is 0. The predicted octanol–water partition coefficient (Wildman–Crippen LogP) is 2.68. The summed E-state index contributed by atoms with van der Waals surface area (Å²) >= 11 is 3.65. The molecule has 0 aliphatic carbocycles. The number of quaternary nitrogens is 1. The number of methoxy groups -OCH3 is 1. The van der Waals surface area contributed by atoms with Crippen LogP contribution in [-0.4, -0.2) is 24.1 Å². The van der Waals surface area contributed by atoms with Crippen molar-refractivity contribution in [1.29, 1.82) is 0 Å². The Hall–Kier alpha value is -2.11. The van der Waals surface area contributed by atoms with E-state index in [-0.39, 0.29) is 18.1 Å². The number of nitrogens with one attached hydrogen (secondary N) is 1. The van der Waals surface area contributed by atoms with E-state index in [0.29, 0.717) is 6.42 Å². The van der Waals surface area contributed by atoms with Crippen molar-refractivity contribution in [1.82, 2.24) is 4.98 Å². The maximum Gasteiger partial charge on any atom is 0.364 e. The van der Waals surface area contributed by atoms with Crippen LogP contribution in [0, 0.1) is 0 Å². The lowest BCUT2D eigenvalue weighted by atomic mass is 9.90. The molecule has 122 valence electrons. The molecule has 0 spiro atoms. The first-order valence-corrected chi connectivity index (χ1v) is 8.75. The monoisotopic (exact) mass is 385 g/mol.